The van der Waals surface area contributed by atoms with Crippen LogP contribution in [0.3, 0.4) is 0 Å². The van der Waals surface area contributed by atoms with Crippen LogP contribution in [0.25, 0.3) is 0 Å². The highest BCUT2D eigenvalue weighted by molar-refractivity contribution is 6.30. The number of unbranched alkanes of at least 4 members (excludes halogenated alkanes) is 1. The van der Waals surface area contributed by atoms with Gasteiger partial charge in [-0.1, -0.05) is 18.5 Å². The number of hydrogen-bond donors (Lipinski definition) is 1. The topological polar surface area (TPSA) is 64.1 Å². The van der Waals surface area contributed by atoms with Crippen LogP contribution < -0.4 is 11.2 Å². The van der Waals surface area contributed by atoms with Crippen LogP contribution in [0.4, 0.5) is 0 Å². The van der Waals surface area contributed by atoms with Crippen LogP contribution in [0.1, 0.15) is 39.2 Å². The molecule has 5 nitrogen and oxygen atoms in total. The van der Waals surface area contributed by atoms with Crippen LogP contribution in [0.15, 0.2) is 9.59 Å². The maximum atomic E-state index is 12.0. The zero-order valence-corrected chi connectivity index (χ0v) is 12.4. The molecule has 0 spiro atoms. The minimum Gasteiger partial charge on any atom is -0.379 e. The quantitative estimate of drug-likeness (QED) is 0.616. The van der Waals surface area contributed by atoms with Crippen LogP contribution in [-0.4, -0.2) is 22.3 Å². The smallest absolute Gasteiger partial charge is 0.329 e. The first kappa shape index (κ1) is 16.0. The zero-order chi connectivity index (χ0) is 14.4. The largest absolute Gasteiger partial charge is 0.379 e. The first-order valence-corrected chi connectivity index (χ1v) is 6.98. The lowest BCUT2D eigenvalue weighted by atomic mass is 10.2. The van der Waals surface area contributed by atoms with E-state index in [0.29, 0.717) is 25.1 Å². The Morgan fingerprint density at radius 3 is 2.58 bits per heavy atom. The van der Waals surface area contributed by atoms with Gasteiger partial charge < -0.3 is 4.74 Å². The third-order valence-electron chi connectivity index (χ3n) is 2.81. The molecule has 19 heavy (non-hydrogen) atoms. The molecular formula is C13H21ClN2O3. The van der Waals surface area contributed by atoms with Gasteiger partial charge in [0.1, 0.15) is 5.15 Å². The normalized spacial score (nSPS) is 11.2. The van der Waals surface area contributed by atoms with Crippen molar-refractivity contribution in [1.29, 1.82) is 0 Å². The first-order chi connectivity index (χ1) is 8.97. The van der Waals surface area contributed by atoms with Crippen LogP contribution >= 0.6 is 11.6 Å². The summed E-state index contributed by atoms with van der Waals surface area (Å²) in [5.74, 6) is 0. The van der Waals surface area contributed by atoms with E-state index in [4.69, 9.17) is 16.3 Å². The van der Waals surface area contributed by atoms with E-state index in [1.165, 1.54) is 4.57 Å². The monoisotopic (exact) mass is 288 g/mol. The summed E-state index contributed by atoms with van der Waals surface area (Å²) in [4.78, 5) is 26.2. The second-order valence-electron chi connectivity index (χ2n) is 4.66. The highest BCUT2D eigenvalue weighted by Crippen LogP contribution is 2.06. The molecule has 0 atom stereocenters. The van der Waals surface area contributed by atoms with E-state index in [1.807, 2.05) is 20.8 Å². The SMILES string of the molecule is CCc1c(Cl)[nH]c(=O)n(CCCCOC(C)C)c1=O. The summed E-state index contributed by atoms with van der Waals surface area (Å²) < 4.78 is 6.62. The molecule has 1 aromatic rings. The van der Waals surface area contributed by atoms with Crippen molar-refractivity contribution in [2.24, 2.45) is 0 Å². The van der Waals surface area contributed by atoms with Gasteiger partial charge in [-0.15, -0.1) is 0 Å². The molecule has 1 N–H and O–H groups in total. The van der Waals surface area contributed by atoms with Crippen molar-refractivity contribution in [2.75, 3.05) is 6.61 Å². The molecule has 0 fully saturated rings. The van der Waals surface area contributed by atoms with Crippen LogP contribution in [0.5, 0.6) is 0 Å². The second-order valence-corrected chi connectivity index (χ2v) is 5.04. The highest BCUT2D eigenvalue weighted by Gasteiger charge is 2.10. The number of hydrogen-bond acceptors (Lipinski definition) is 3. The van der Waals surface area contributed by atoms with Gasteiger partial charge in [0.25, 0.3) is 5.56 Å². The molecule has 6 heteroatoms. The number of aromatic nitrogens is 2. The molecule has 0 amide bonds. The van der Waals surface area contributed by atoms with Gasteiger partial charge in [0.2, 0.25) is 0 Å². The van der Waals surface area contributed by atoms with E-state index in [0.717, 1.165) is 12.8 Å². The Balaban J connectivity index is 2.69. The Morgan fingerprint density at radius 1 is 1.32 bits per heavy atom. The summed E-state index contributed by atoms with van der Waals surface area (Å²) in [6.07, 6.45) is 2.24. The highest BCUT2D eigenvalue weighted by atomic mass is 35.5. The minimum absolute atomic E-state index is 0.150. The van der Waals surface area contributed by atoms with Crippen molar-refractivity contribution in [2.45, 2.75) is 52.7 Å². The number of rotatable bonds is 7. The van der Waals surface area contributed by atoms with Gasteiger partial charge in [-0.25, -0.2) is 4.79 Å². The molecule has 0 aliphatic heterocycles. The number of H-pyrrole nitrogens is 1. The Hall–Kier alpha value is -1.07. The average Bonchev–Trinajstić information content (AvgIpc) is 2.32. The summed E-state index contributed by atoms with van der Waals surface area (Å²) >= 11 is 5.84. The van der Waals surface area contributed by atoms with Crippen molar-refractivity contribution in [3.05, 3.63) is 31.6 Å². The molecule has 1 heterocycles. The van der Waals surface area contributed by atoms with E-state index in [1.54, 1.807) is 0 Å². The maximum absolute atomic E-state index is 12.0. The number of nitrogens with one attached hydrogen (secondary N) is 1. The van der Waals surface area contributed by atoms with Crippen LogP contribution in [0.2, 0.25) is 5.15 Å². The lowest BCUT2D eigenvalue weighted by molar-refractivity contribution is 0.0753. The summed E-state index contributed by atoms with van der Waals surface area (Å²) in [6.45, 7) is 6.81. The summed E-state index contributed by atoms with van der Waals surface area (Å²) in [6, 6.07) is 0. The lowest BCUT2D eigenvalue weighted by Crippen LogP contribution is -2.37. The molecule has 108 valence electrons. The fourth-order valence-electron chi connectivity index (χ4n) is 1.79. The van der Waals surface area contributed by atoms with Crippen molar-refractivity contribution in [3.8, 4) is 0 Å². The maximum Gasteiger partial charge on any atom is 0.329 e. The van der Waals surface area contributed by atoms with Crippen LogP contribution in [0, 0.1) is 0 Å². The van der Waals surface area contributed by atoms with Gasteiger partial charge in [-0.2, -0.15) is 0 Å². The van der Waals surface area contributed by atoms with E-state index in [-0.39, 0.29) is 16.8 Å². The van der Waals surface area contributed by atoms with Gasteiger partial charge in [0.15, 0.2) is 0 Å². The molecule has 0 aliphatic rings. The summed E-state index contributed by atoms with van der Waals surface area (Å²) in [7, 11) is 0. The Bertz CT molecular complexity index is 520. The van der Waals surface area contributed by atoms with Crippen molar-refractivity contribution >= 4 is 11.6 Å². The molecule has 0 unspecified atom stereocenters. The van der Waals surface area contributed by atoms with Gasteiger partial charge in [-0.05, 0) is 33.1 Å². The predicted molar refractivity (Wildman–Crippen MR) is 76.0 cm³/mol. The molecule has 0 aromatic carbocycles. The molecule has 0 radical (unpaired) electrons. The molecule has 0 aliphatic carbocycles. The second kappa shape index (κ2) is 7.50. The Labute approximate surface area is 117 Å². The zero-order valence-electron chi connectivity index (χ0n) is 11.7. The molecule has 0 bridgehead atoms. The van der Waals surface area contributed by atoms with Crippen molar-refractivity contribution in [1.82, 2.24) is 9.55 Å². The predicted octanol–water partition coefficient (Wildman–Crippen LogP) is 1.96. The van der Waals surface area contributed by atoms with Gasteiger partial charge in [0, 0.05) is 13.2 Å². The third kappa shape index (κ3) is 4.51. The Morgan fingerprint density at radius 2 is 2.00 bits per heavy atom. The van der Waals surface area contributed by atoms with E-state index >= 15 is 0 Å². The van der Waals surface area contributed by atoms with E-state index in [9.17, 15) is 9.59 Å². The summed E-state index contributed by atoms with van der Waals surface area (Å²) in [5, 5.41) is 0.150. The van der Waals surface area contributed by atoms with Gasteiger partial charge in [0.05, 0.1) is 11.7 Å². The first-order valence-electron chi connectivity index (χ1n) is 6.60. The number of aromatic amines is 1. The van der Waals surface area contributed by atoms with Crippen molar-refractivity contribution < 1.29 is 4.74 Å². The molecule has 0 saturated heterocycles. The van der Waals surface area contributed by atoms with E-state index < -0.39 is 5.69 Å². The summed E-state index contributed by atoms with van der Waals surface area (Å²) in [5.41, 5.74) is -0.280. The fraction of sp³-hybridized carbons (Fsp3) is 0.692. The fourth-order valence-corrected chi connectivity index (χ4v) is 2.08. The Kier molecular flexibility index (Phi) is 6.31. The minimum atomic E-state index is -0.447. The third-order valence-corrected chi connectivity index (χ3v) is 3.13. The number of nitrogens with zero attached hydrogens (tertiary/aromatic N) is 1. The van der Waals surface area contributed by atoms with E-state index in [2.05, 4.69) is 4.98 Å². The number of ether oxygens (including phenoxy) is 1. The van der Waals surface area contributed by atoms with Crippen molar-refractivity contribution in [3.63, 3.8) is 0 Å². The molecule has 0 saturated carbocycles. The molecule has 1 aromatic heterocycles. The molecular weight excluding hydrogens is 268 g/mol. The van der Waals surface area contributed by atoms with Crippen LogP contribution in [-0.2, 0) is 17.7 Å². The standard InChI is InChI=1S/C13H21ClN2O3/c1-4-10-11(14)15-13(18)16(12(10)17)7-5-6-8-19-9(2)3/h9H,4-8H2,1-3H3,(H,15,18). The molecule has 1 rings (SSSR count). The number of halogens is 1. The van der Waals surface area contributed by atoms with Gasteiger partial charge in [-0.3, -0.25) is 14.3 Å². The average molecular weight is 289 g/mol. The van der Waals surface area contributed by atoms with Gasteiger partial charge >= 0.3 is 5.69 Å². The lowest BCUT2D eigenvalue weighted by Gasteiger charge is -2.09.